The highest BCUT2D eigenvalue weighted by Crippen LogP contribution is 2.21. The van der Waals surface area contributed by atoms with E-state index in [1.165, 1.54) is 4.68 Å². The van der Waals surface area contributed by atoms with Crippen molar-refractivity contribution < 1.29 is 4.74 Å². The average molecular weight is 437 g/mol. The first-order valence-electron chi connectivity index (χ1n) is 9.05. The number of fused-ring (bicyclic) bond motifs is 1. The van der Waals surface area contributed by atoms with Crippen molar-refractivity contribution in [1.82, 2.24) is 9.66 Å². The van der Waals surface area contributed by atoms with E-state index in [0.29, 0.717) is 27.5 Å². The Hall–Kier alpha value is -3.42. The molecule has 0 radical (unpaired) electrons. The standard InChI is InChI=1S/C22H17ClN4O2S/c1-29-17-12-6-14(7-13-17)20-25-19-5-3-2-4-18(19)21(28)27(20)26-22(30)24-16-10-8-15(23)9-11-16/h2-13H,1H3,(H2,24,26,30). The van der Waals surface area contributed by atoms with Crippen molar-refractivity contribution in [3.05, 3.63) is 88.2 Å². The van der Waals surface area contributed by atoms with Crippen LogP contribution in [0.5, 0.6) is 5.75 Å². The number of hydrogen-bond acceptors (Lipinski definition) is 4. The van der Waals surface area contributed by atoms with Crippen molar-refractivity contribution in [1.29, 1.82) is 0 Å². The number of rotatable bonds is 4. The summed E-state index contributed by atoms with van der Waals surface area (Å²) in [5.41, 5.74) is 4.78. The molecular weight excluding hydrogens is 420 g/mol. The number of nitrogens with zero attached hydrogens (tertiary/aromatic N) is 2. The number of aromatic nitrogens is 2. The average Bonchev–Trinajstić information content (AvgIpc) is 2.77. The Kier molecular flexibility index (Phi) is 5.65. The van der Waals surface area contributed by atoms with Gasteiger partial charge in [0.1, 0.15) is 5.75 Å². The minimum absolute atomic E-state index is 0.242. The summed E-state index contributed by atoms with van der Waals surface area (Å²) in [6, 6.07) is 21.6. The summed E-state index contributed by atoms with van der Waals surface area (Å²) in [6.07, 6.45) is 0. The van der Waals surface area contributed by atoms with E-state index < -0.39 is 0 Å². The molecule has 8 heteroatoms. The summed E-state index contributed by atoms with van der Waals surface area (Å²) in [5, 5.41) is 4.39. The maximum Gasteiger partial charge on any atom is 0.280 e. The van der Waals surface area contributed by atoms with Crippen LogP contribution in [0.4, 0.5) is 5.69 Å². The Bertz CT molecular complexity index is 1270. The SMILES string of the molecule is COc1ccc(-c2nc3ccccc3c(=O)n2NC(=S)Nc2ccc(Cl)cc2)cc1. The van der Waals surface area contributed by atoms with Crippen molar-refractivity contribution in [2.24, 2.45) is 0 Å². The molecule has 1 heterocycles. The second kappa shape index (κ2) is 8.52. The van der Waals surface area contributed by atoms with E-state index in [-0.39, 0.29) is 10.7 Å². The van der Waals surface area contributed by atoms with E-state index >= 15 is 0 Å². The molecule has 4 aromatic rings. The number of hydrogen-bond donors (Lipinski definition) is 2. The zero-order valence-electron chi connectivity index (χ0n) is 15.9. The highest BCUT2D eigenvalue weighted by atomic mass is 35.5. The normalized spacial score (nSPS) is 10.6. The summed E-state index contributed by atoms with van der Waals surface area (Å²) in [6.45, 7) is 0. The Morgan fingerprint density at radius 2 is 1.73 bits per heavy atom. The van der Waals surface area contributed by atoms with Crippen LogP contribution < -0.4 is 21.0 Å². The summed E-state index contributed by atoms with van der Waals surface area (Å²) in [7, 11) is 1.60. The van der Waals surface area contributed by atoms with Crippen LogP contribution in [-0.2, 0) is 0 Å². The van der Waals surface area contributed by atoms with E-state index in [9.17, 15) is 4.79 Å². The molecule has 0 unspecified atom stereocenters. The van der Waals surface area contributed by atoms with Crippen LogP contribution in [0.25, 0.3) is 22.3 Å². The van der Waals surface area contributed by atoms with Gasteiger partial charge in [-0.05, 0) is 72.9 Å². The number of anilines is 1. The summed E-state index contributed by atoms with van der Waals surface area (Å²) in [5.74, 6) is 1.14. The van der Waals surface area contributed by atoms with Gasteiger partial charge in [0.15, 0.2) is 10.9 Å². The molecule has 0 saturated carbocycles. The third-order valence-corrected chi connectivity index (χ3v) is 4.88. The minimum Gasteiger partial charge on any atom is -0.497 e. The molecule has 0 bridgehead atoms. The second-order valence-electron chi connectivity index (χ2n) is 6.39. The van der Waals surface area contributed by atoms with E-state index in [1.54, 1.807) is 49.6 Å². The van der Waals surface area contributed by atoms with Gasteiger partial charge in [0.05, 0.1) is 18.0 Å². The van der Waals surface area contributed by atoms with Crippen LogP contribution in [0.2, 0.25) is 5.02 Å². The molecule has 0 aliphatic heterocycles. The fraction of sp³-hybridized carbons (Fsp3) is 0.0455. The van der Waals surface area contributed by atoms with Gasteiger partial charge in [-0.3, -0.25) is 10.2 Å². The van der Waals surface area contributed by atoms with Gasteiger partial charge in [0.25, 0.3) is 5.56 Å². The number of halogens is 1. The van der Waals surface area contributed by atoms with Crippen LogP contribution in [0.3, 0.4) is 0 Å². The number of ether oxygens (including phenoxy) is 1. The first kappa shape index (κ1) is 19.9. The Balaban J connectivity index is 1.76. The molecule has 0 atom stereocenters. The van der Waals surface area contributed by atoms with Crippen LogP contribution in [-0.4, -0.2) is 21.9 Å². The molecule has 4 rings (SSSR count). The summed E-state index contributed by atoms with van der Waals surface area (Å²) in [4.78, 5) is 17.9. The molecule has 0 aliphatic rings. The molecule has 2 N–H and O–H groups in total. The van der Waals surface area contributed by atoms with Crippen molar-refractivity contribution in [2.45, 2.75) is 0 Å². The molecule has 150 valence electrons. The lowest BCUT2D eigenvalue weighted by Crippen LogP contribution is -2.37. The van der Waals surface area contributed by atoms with Crippen LogP contribution in [0, 0.1) is 0 Å². The Morgan fingerprint density at radius 1 is 1.03 bits per heavy atom. The smallest absolute Gasteiger partial charge is 0.280 e. The fourth-order valence-corrected chi connectivity index (χ4v) is 3.30. The molecule has 6 nitrogen and oxygen atoms in total. The third kappa shape index (κ3) is 4.12. The predicted octanol–water partition coefficient (Wildman–Crippen LogP) is 4.67. The van der Waals surface area contributed by atoms with Gasteiger partial charge >= 0.3 is 0 Å². The lowest BCUT2D eigenvalue weighted by atomic mass is 10.2. The monoisotopic (exact) mass is 436 g/mol. The third-order valence-electron chi connectivity index (χ3n) is 4.44. The minimum atomic E-state index is -0.258. The molecule has 3 aromatic carbocycles. The van der Waals surface area contributed by atoms with Gasteiger partial charge < -0.3 is 10.1 Å². The molecule has 1 aromatic heterocycles. The van der Waals surface area contributed by atoms with Crippen molar-refractivity contribution >= 4 is 45.5 Å². The van der Waals surface area contributed by atoms with Gasteiger partial charge in [0.2, 0.25) is 0 Å². The molecule has 0 aliphatic carbocycles. The first-order valence-corrected chi connectivity index (χ1v) is 9.83. The Morgan fingerprint density at radius 3 is 2.43 bits per heavy atom. The number of para-hydroxylation sites is 1. The lowest BCUT2D eigenvalue weighted by molar-refractivity contribution is 0.415. The first-order chi connectivity index (χ1) is 14.5. The van der Waals surface area contributed by atoms with Crippen molar-refractivity contribution in [3.63, 3.8) is 0 Å². The summed E-state index contributed by atoms with van der Waals surface area (Å²) >= 11 is 11.3. The predicted molar refractivity (Wildman–Crippen MR) is 125 cm³/mol. The second-order valence-corrected chi connectivity index (χ2v) is 7.24. The highest BCUT2D eigenvalue weighted by molar-refractivity contribution is 7.80. The fourth-order valence-electron chi connectivity index (χ4n) is 2.96. The molecule has 0 amide bonds. The van der Waals surface area contributed by atoms with Gasteiger partial charge in [-0.15, -0.1) is 0 Å². The molecule has 0 fully saturated rings. The summed E-state index contributed by atoms with van der Waals surface area (Å²) < 4.78 is 6.57. The maximum atomic E-state index is 13.2. The van der Waals surface area contributed by atoms with Crippen molar-refractivity contribution in [2.75, 3.05) is 17.9 Å². The van der Waals surface area contributed by atoms with E-state index in [4.69, 9.17) is 28.6 Å². The number of thiocarbonyl (C=S) groups is 1. The van der Waals surface area contributed by atoms with E-state index in [0.717, 1.165) is 11.3 Å². The van der Waals surface area contributed by atoms with Crippen LogP contribution >= 0.6 is 23.8 Å². The van der Waals surface area contributed by atoms with Gasteiger partial charge in [-0.1, -0.05) is 23.7 Å². The topological polar surface area (TPSA) is 68.2 Å². The quantitative estimate of drug-likeness (QED) is 0.453. The molecule has 0 spiro atoms. The highest BCUT2D eigenvalue weighted by Gasteiger charge is 2.14. The van der Waals surface area contributed by atoms with Gasteiger partial charge in [0, 0.05) is 16.3 Å². The molecule has 0 saturated heterocycles. The number of nitrogens with one attached hydrogen (secondary N) is 2. The number of benzene rings is 3. The van der Waals surface area contributed by atoms with Gasteiger partial charge in [-0.2, -0.15) is 4.68 Å². The zero-order chi connectivity index (χ0) is 21.1. The van der Waals surface area contributed by atoms with Gasteiger partial charge in [-0.25, -0.2) is 4.98 Å². The van der Waals surface area contributed by atoms with Crippen molar-refractivity contribution in [3.8, 4) is 17.1 Å². The largest absolute Gasteiger partial charge is 0.497 e. The lowest BCUT2D eigenvalue weighted by Gasteiger charge is -2.17. The van der Waals surface area contributed by atoms with Crippen LogP contribution in [0.1, 0.15) is 0 Å². The van der Waals surface area contributed by atoms with E-state index in [1.807, 2.05) is 30.3 Å². The molecule has 30 heavy (non-hydrogen) atoms. The number of methoxy groups -OCH3 is 1. The Labute approximate surface area is 183 Å². The van der Waals surface area contributed by atoms with Crippen LogP contribution in [0.15, 0.2) is 77.6 Å². The molecular formula is C22H17ClN4O2S. The zero-order valence-corrected chi connectivity index (χ0v) is 17.5. The van der Waals surface area contributed by atoms with E-state index in [2.05, 4.69) is 15.7 Å². The maximum absolute atomic E-state index is 13.2.